The molecular formula is C21H25FN2O3S. The van der Waals surface area contributed by atoms with Crippen LogP contribution in [0.5, 0.6) is 0 Å². The number of benzene rings is 1. The second-order valence-corrected chi connectivity index (χ2v) is 9.20. The van der Waals surface area contributed by atoms with Gasteiger partial charge in [-0.2, -0.15) is 0 Å². The number of hydrogen-bond acceptors (Lipinski definition) is 4. The third-order valence-electron chi connectivity index (χ3n) is 4.91. The predicted molar refractivity (Wildman–Crippen MR) is 106 cm³/mol. The highest BCUT2D eigenvalue weighted by Gasteiger charge is 2.37. The molecule has 1 N–H and O–H groups in total. The lowest BCUT2D eigenvalue weighted by Gasteiger charge is -2.29. The summed E-state index contributed by atoms with van der Waals surface area (Å²) in [5, 5.41) is 10.3. The summed E-state index contributed by atoms with van der Waals surface area (Å²) in [6.45, 7) is 6.35. The normalized spacial score (nSPS) is 17.1. The van der Waals surface area contributed by atoms with Crippen molar-refractivity contribution < 1.29 is 19.1 Å². The van der Waals surface area contributed by atoms with Crippen LogP contribution in [0.15, 0.2) is 24.3 Å². The van der Waals surface area contributed by atoms with Crippen LogP contribution in [0.2, 0.25) is 0 Å². The van der Waals surface area contributed by atoms with Crippen LogP contribution in [0.4, 0.5) is 4.39 Å². The maximum Gasteiger partial charge on any atom is 0.347 e. The summed E-state index contributed by atoms with van der Waals surface area (Å²) in [6.07, 6.45) is 2.73. The van der Waals surface area contributed by atoms with Gasteiger partial charge in [0.1, 0.15) is 15.7 Å². The number of hydrogen-bond donors (Lipinski definition) is 1. The zero-order valence-electron chi connectivity index (χ0n) is 16.4. The zero-order valence-corrected chi connectivity index (χ0v) is 17.2. The van der Waals surface area contributed by atoms with E-state index in [9.17, 15) is 19.1 Å². The quantitative estimate of drug-likeness (QED) is 0.798. The zero-order chi connectivity index (χ0) is 20.5. The summed E-state index contributed by atoms with van der Waals surface area (Å²) in [5.41, 5.74) is 0.977. The number of rotatable bonds is 5. The van der Waals surface area contributed by atoms with Gasteiger partial charge in [-0.05, 0) is 43.4 Å². The van der Waals surface area contributed by atoms with Crippen LogP contribution < -0.4 is 0 Å². The van der Waals surface area contributed by atoms with Crippen molar-refractivity contribution >= 4 is 23.2 Å². The minimum Gasteiger partial charge on any atom is -0.477 e. The molecule has 150 valence electrons. The summed E-state index contributed by atoms with van der Waals surface area (Å²) in [6, 6.07) is 6.03. The molecule has 1 amide bonds. The van der Waals surface area contributed by atoms with Crippen molar-refractivity contribution in [3.8, 4) is 0 Å². The van der Waals surface area contributed by atoms with E-state index < -0.39 is 11.4 Å². The molecule has 1 aromatic heterocycles. The Morgan fingerprint density at radius 2 is 1.93 bits per heavy atom. The molecule has 0 spiro atoms. The monoisotopic (exact) mass is 404 g/mol. The number of nitrogens with zero attached hydrogens (tertiary/aromatic N) is 2. The molecule has 5 nitrogen and oxygen atoms in total. The van der Waals surface area contributed by atoms with E-state index in [0.717, 1.165) is 18.4 Å². The molecule has 1 fully saturated rings. The van der Waals surface area contributed by atoms with Gasteiger partial charge in [-0.3, -0.25) is 4.79 Å². The summed E-state index contributed by atoms with van der Waals surface area (Å²) in [7, 11) is 0. The van der Waals surface area contributed by atoms with Gasteiger partial charge in [-0.25, -0.2) is 14.2 Å². The molecule has 3 rings (SSSR count). The molecule has 0 radical (unpaired) electrons. The van der Waals surface area contributed by atoms with Crippen molar-refractivity contribution in [3.05, 3.63) is 51.2 Å². The van der Waals surface area contributed by atoms with Gasteiger partial charge in [-0.15, -0.1) is 11.3 Å². The van der Waals surface area contributed by atoms with Gasteiger partial charge >= 0.3 is 5.97 Å². The third kappa shape index (κ3) is 4.41. The third-order valence-corrected chi connectivity index (χ3v) is 6.10. The van der Waals surface area contributed by atoms with Gasteiger partial charge < -0.3 is 10.0 Å². The molecule has 1 aliphatic rings. The molecular weight excluding hydrogens is 379 g/mol. The number of aromatic carboxylic acids is 1. The van der Waals surface area contributed by atoms with E-state index in [1.54, 1.807) is 12.1 Å². The minimum atomic E-state index is -0.996. The number of likely N-dealkylation sites (tertiary alicyclic amines) is 1. The second-order valence-electron chi connectivity index (χ2n) is 8.17. The van der Waals surface area contributed by atoms with Crippen LogP contribution in [0.25, 0.3) is 0 Å². The summed E-state index contributed by atoms with van der Waals surface area (Å²) in [5.74, 6) is -1.23. The Morgan fingerprint density at radius 1 is 1.25 bits per heavy atom. The standard InChI is InChI=1S/C21H25FN2O3S/c1-21(2,3)20(27)24-12-4-5-16(24)18-23-15(17(28-18)19(25)26)11-8-13-6-9-14(22)10-7-13/h6-7,9-10,16H,4-5,8,11-12H2,1-3H3,(H,25,26)/t16-/m0/s1. The van der Waals surface area contributed by atoms with Crippen molar-refractivity contribution in [3.63, 3.8) is 0 Å². The lowest BCUT2D eigenvalue weighted by Crippen LogP contribution is -2.38. The maximum absolute atomic E-state index is 13.1. The maximum atomic E-state index is 13.1. The number of aryl methyl sites for hydroxylation is 2. The fraction of sp³-hybridized carbons (Fsp3) is 0.476. The Kier molecular flexibility index (Phi) is 5.84. The number of carboxylic acid groups (broad SMARTS) is 1. The first kappa shape index (κ1) is 20.5. The molecule has 7 heteroatoms. The van der Waals surface area contributed by atoms with Gasteiger partial charge in [0.15, 0.2) is 0 Å². The average molecular weight is 405 g/mol. The van der Waals surface area contributed by atoms with Crippen molar-refractivity contribution in [2.75, 3.05) is 6.54 Å². The SMILES string of the molecule is CC(C)(C)C(=O)N1CCC[C@H]1c1nc(CCc2ccc(F)cc2)c(C(=O)O)s1. The van der Waals surface area contributed by atoms with E-state index >= 15 is 0 Å². The predicted octanol–water partition coefficient (Wildman–Crippen LogP) is 4.48. The van der Waals surface area contributed by atoms with Crippen LogP contribution in [0.1, 0.15) is 65.6 Å². The van der Waals surface area contributed by atoms with E-state index in [2.05, 4.69) is 4.98 Å². The summed E-state index contributed by atoms with van der Waals surface area (Å²) in [4.78, 5) is 31.2. The molecule has 1 atom stereocenters. The Labute approximate surface area is 168 Å². The molecule has 0 saturated carbocycles. The van der Waals surface area contributed by atoms with Gasteiger partial charge in [0.25, 0.3) is 0 Å². The van der Waals surface area contributed by atoms with Crippen LogP contribution in [-0.2, 0) is 17.6 Å². The molecule has 2 heterocycles. The first-order valence-electron chi connectivity index (χ1n) is 9.45. The van der Waals surface area contributed by atoms with E-state index in [4.69, 9.17) is 0 Å². The first-order chi connectivity index (χ1) is 13.2. The van der Waals surface area contributed by atoms with Crippen LogP contribution in [0, 0.1) is 11.2 Å². The van der Waals surface area contributed by atoms with Gasteiger partial charge in [0.2, 0.25) is 5.91 Å². The highest BCUT2D eigenvalue weighted by atomic mass is 32.1. The molecule has 1 saturated heterocycles. The number of aromatic nitrogens is 1. The smallest absolute Gasteiger partial charge is 0.347 e. The molecule has 28 heavy (non-hydrogen) atoms. The Morgan fingerprint density at radius 3 is 2.54 bits per heavy atom. The minimum absolute atomic E-state index is 0.0648. The second kappa shape index (κ2) is 7.99. The molecule has 0 bridgehead atoms. The van der Waals surface area contributed by atoms with E-state index in [0.29, 0.717) is 30.1 Å². The topological polar surface area (TPSA) is 70.5 Å². The van der Waals surface area contributed by atoms with Gasteiger partial charge in [0, 0.05) is 12.0 Å². The van der Waals surface area contributed by atoms with Crippen LogP contribution in [0.3, 0.4) is 0 Å². The Hall–Kier alpha value is -2.28. The van der Waals surface area contributed by atoms with Crippen molar-refractivity contribution in [1.82, 2.24) is 9.88 Å². The fourth-order valence-corrected chi connectivity index (χ4v) is 4.56. The summed E-state index contributed by atoms with van der Waals surface area (Å²) >= 11 is 1.17. The lowest BCUT2D eigenvalue weighted by atomic mass is 9.94. The number of thiazole rings is 1. The lowest BCUT2D eigenvalue weighted by molar-refractivity contribution is -0.140. The first-order valence-corrected chi connectivity index (χ1v) is 10.3. The number of carbonyl (C=O) groups is 2. The largest absolute Gasteiger partial charge is 0.477 e. The highest BCUT2D eigenvalue weighted by Crippen LogP contribution is 2.38. The van der Waals surface area contributed by atoms with Crippen molar-refractivity contribution in [1.29, 1.82) is 0 Å². The molecule has 1 aliphatic heterocycles. The average Bonchev–Trinajstić information content (AvgIpc) is 3.26. The fourth-order valence-electron chi connectivity index (χ4n) is 3.46. The molecule has 0 aliphatic carbocycles. The Bertz CT molecular complexity index is 871. The van der Waals surface area contributed by atoms with Crippen molar-refractivity contribution in [2.45, 2.75) is 52.5 Å². The van der Waals surface area contributed by atoms with E-state index in [-0.39, 0.29) is 22.6 Å². The van der Waals surface area contributed by atoms with Gasteiger partial charge in [0.05, 0.1) is 11.7 Å². The summed E-state index contributed by atoms with van der Waals surface area (Å²) < 4.78 is 13.1. The van der Waals surface area contributed by atoms with E-state index in [1.807, 2.05) is 25.7 Å². The van der Waals surface area contributed by atoms with Crippen LogP contribution >= 0.6 is 11.3 Å². The van der Waals surface area contributed by atoms with E-state index in [1.165, 1.54) is 23.5 Å². The highest BCUT2D eigenvalue weighted by molar-refractivity contribution is 7.13. The number of amides is 1. The number of carboxylic acids is 1. The number of carbonyl (C=O) groups excluding carboxylic acids is 1. The molecule has 1 aromatic carbocycles. The molecule has 2 aromatic rings. The van der Waals surface area contributed by atoms with Gasteiger partial charge in [-0.1, -0.05) is 32.9 Å². The number of halogens is 1. The van der Waals surface area contributed by atoms with Crippen molar-refractivity contribution in [2.24, 2.45) is 5.41 Å². The van der Waals surface area contributed by atoms with Crippen LogP contribution in [-0.4, -0.2) is 33.4 Å². The Balaban J connectivity index is 1.82. The molecule has 0 unspecified atom stereocenters.